The third-order valence-electron chi connectivity index (χ3n) is 3.88. The van der Waals surface area contributed by atoms with Gasteiger partial charge in [0, 0.05) is 16.6 Å². The van der Waals surface area contributed by atoms with Crippen LogP contribution in [-0.2, 0) is 0 Å². The van der Waals surface area contributed by atoms with Gasteiger partial charge in [0.15, 0.2) is 0 Å². The number of nitrogens with zero attached hydrogens (tertiary/aromatic N) is 2. The number of benzene rings is 2. The van der Waals surface area contributed by atoms with Crippen LogP contribution in [0, 0.1) is 13.8 Å². The molecule has 4 rings (SSSR count). The molecule has 2 heterocycles. The lowest BCUT2D eigenvalue weighted by Gasteiger charge is -1.99. The van der Waals surface area contributed by atoms with Crippen molar-refractivity contribution >= 4 is 22.6 Å². The average molecular weight is 304 g/mol. The molecule has 0 saturated carbocycles. The Morgan fingerprint density at radius 3 is 2.65 bits per heavy atom. The number of rotatable bonds is 3. The lowest BCUT2D eigenvalue weighted by atomic mass is 10.1. The van der Waals surface area contributed by atoms with E-state index in [1.807, 2.05) is 30.3 Å². The largest absolute Gasteiger partial charge is 0.402 e. The van der Waals surface area contributed by atoms with Crippen molar-refractivity contribution in [1.29, 1.82) is 0 Å². The lowest BCUT2D eigenvalue weighted by molar-refractivity contribution is 0.585. The van der Waals surface area contributed by atoms with Gasteiger partial charge in [0.25, 0.3) is 5.89 Å². The Bertz CT molecular complexity index is 969. The molecule has 0 unspecified atom stereocenters. The number of fused-ring (bicyclic) bond motifs is 1. The number of aromatic amines is 1. The first-order valence-electron chi connectivity index (χ1n) is 7.45. The second kappa shape index (κ2) is 5.28. The van der Waals surface area contributed by atoms with Crippen LogP contribution in [0.5, 0.6) is 0 Å². The van der Waals surface area contributed by atoms with Crippen molar-refractivity contribution in [3.8, 4) is 11.6 Å². The van der Waals surface area contributed by atoms with E-state index in [0.29, 0.717) is 11.9 Å². The molecule has 0 fully saturated rings. The van der Waals surface area contributed by atoms with Gasteiger partial charge < -0.3 is 14.7 Å². The summed E-state index contributed by atoms with van der Waals surface area (Å²) in [6.45, 7) is 4.14. The highest BCUT2D eigenvalue weighted by molar-refractivity contribution is 5.89. The summed E-state index contributed by atoms with van der Waals surface area (Å²) < 4.78 is 5.75. The summed E-state index contributed by atoms with van der Waals surface area (Å²) in [5.74, 6) is 0.481. The van der Waals surface area contributed by atoms with Crippen molar-refractivity contribution in [3.63, 3.8) is 0 Å². The quantitative estimate of drug-likeness (QED) is 0.581. The number of aromatic nitrogens is 3. The van der Waals surface area contributed by atoms with Crippen molar-refractivity contribution in [2.24, 2.45) is 0 Å². The predicted octanol–water partition coefficient (Wildman–Crippen LogP) is 4.58. The Labute approximate surface area is 133 Å². The van der Waals surface area contributed by atoms with Gasteiger partial charge >= 0.3 is 6.01 Å². The van der Waals surface area contributed by atoms with Crippen molar-refractivity contribution < 1.29 is 4.42 Å². The fraction of sp³-hybridized carbons (Fsp3) is 0.111. The van der Waals surface area contributed by atoms with Gasteiger partial charge in [0.2, 0.25) is 0 Å². The summed E-state index contributed by atoms with van der Waals surface area (Å²) in [5.41, 5.74) is 5.17. The van der Waals surface area contributed by atoms with Crippen LogP contribution in [0.25, 0.3) is 22.5 Å². The monoisotopic (exact) mass is 304 g/mol. The van der Waals surface area contributed by atoms with Crippen molar-refractivity contribution in [2.45, 2.75) is 13.8 Å². The molecule has 4 aromatic rings. The number of hydrogen-bond donors (Lipinski definition) is 2. The van der Waals surface area contributed by atoms with Crippen LogP contribution in [-0.4, -0.2) is 15.2 Å². The van der Waals surface area contributed by atoms with E-state index in [0.717, 1.165) is 22.5 Å². The summed E-state index contributed by atoms with van der Waals surface area (Å²) in [7, 11) is 0. The molecule has 0 spiro atoms. The SMILES string of the molecule is Cc1ccc2[nH]c(-c3nnc(Nc4ccccc4)o3)c(C)c2c1. The number of H-pyrrole nitrogens is 1. The number of para-hydroxylation sites is 1. The van der Waals surface area contributed by atoms with Crippen molar-refractivity contribution in [3.05, 3.63) is 59.7 Å². The van der Waals surface area contributed by atoms with Gasteiger partial charge in [-0.05, 0) is 43.7 Å². The molecule has 0 aliphatic rings. The second-order valence-corrected chi connectivity index (χ2v) is 5.58. The van der Waals surface area contributed by atoms with E-state index in [1.54, 1.807) is 0 Å². The van der Waals surface area contributed by atoms with Gasteiger partial charge in [-0.15, -0.1) is 5.10 Å². The second-order valence-electron chi connectivity index (χ2n) is 5.58. The molecule has 114 valence electrons. The molecule has 2 aromatic heterocycles. The maximum Gasteiger partial charge on any atom is 0.320 e. The molecule has 0 atom stereocenters. The molecular formula is C18H16N4O. The van der Waals surface area contributed by atoms with Crippen LogP contribution >= 0.6 is 0 Å². The van der Waals surface area contributed by atoms with Crippen molar-refractivity contribution in [1.82, 2.24) is 15.2 Å². The van der Waals surface area contributed by atoms with Crippen LogP contribution in [0.2, 0.25) is 0 Å². The zero-order chi connectivity index (χ0) is 15.8. The smallest absolute Gasteiger partial charge is 0.320 e. The van der Waals surface area contributed by atoms with Gasteiger partial charge in [-0.1, -0.05) is 34.9 Å². The molecule has 23 heavy (non-hydrogen) atoms. The number of nitrogens with one attached hydrogen (secondary N) is 2. The highest BCUT2D eigenvalue weighted by Crippen LogP contribution is 2.30. The normalized spacial score (nSPS) is 11.0. The van der Waals surface area contributed by atoms with E-state index in [4.69, 9.17) is 4.42 Å². The van der Waals surface area contributed by atoms with Crippen LogP contribution in [0.1, 0.15) is 11.1 Å². The van der Waals surface area contributed by atoms with E-state index in [1.165, 1.54) is 10.9 Å². The minimum Gasteiger partial charge on any atom is -0.402 e. The lowest BCUT2D eigenvalue weighted by Crippen LogP contribution is -1.88. The molecule has 2 aromatic carbocycles. The van der Waals surface area contributed by atoms with Crippen LogP contribution in [0.3, 0.4) is 0 Å². The molecule has 5 heteroatoms. The maximum atomic E-state index is 5.75. The number of aryl methyl sites for hydroxylation is 2. The van der Waals surface area contributed by atoms with E-state index < -0.39 is 0 Å². The van der Waals surface area contributed by atoms with E-state index in [9.17, 15) is 0 Å². The Balaban J connectivity index is 1.70. The van der Waals surface area contributed by atoms with Crippen molar-refractivity contribution in [2.75, 3.05) is 5.32 Å². The third-order valence-corrected chi connectivity index (χ3v) is 3.88. The van der Waals surface area contributed by atoms with Gasteiger partial charge in [-0.2, -0.15) is 0 Å². The summed E-state index contributed by atoms with van der Waals surface area (Å²) >= 11 is 0. The van der Waals surface area contributed by atoms with Gasteiger partial charge in [0.1, 0.15) is 5.69 Å². The molecule has 0 aliphatic heterocycles. The number of anilines is 2. The Morgan fingerprint density at radius 2 is 1.83 bits per heavy atom. The summed E-state index contributed by atoms with van der Waals surface area (Å²) in [5, 5.41) is 12.5. The van der Waals surface area contributed by atoms with Crippen LogP contribution in [0.4, 0.5) is 11.7 Å². The summed E-state index contributed by atoms with van der Waals surface area (Å²) in [4.78, 5) is 3.36. The van der Waals surface area contributed by atoms with Crippen LogP contribution in [0.15, 0.2) is 52.9 Å². The Morgan fingerprint density at radius 1 is 1.00 bits per heavy atom. The van der Waals surface area contributed by atoms with Crippen LogP contribution < -0.4 is 5.32 Å². The highest BCUT2D eigenvalue weighted by Gasteiger charge is 2.15. The molecular weight excluding hydrogens is 288 g/mol. The van der Waals surface area contributed by atoms with Gasteiger partial charge in [-0.3, -0.25) is 0 Å². The maximum absolute atomic E-state index is 5.75. The molecule has 0 saturated heterocycles. The average Bonchev–Trinajstić information content (AvgIpc) is 3.14. The topological polar surface area (TPSA) is 66.7 Å². The van der Waals surface area contributed by atoms with Gasteiger partial charge in [0.05, 0.1) is 0 Å². The minimum absolute atomic E-state index is 0.375. The Kier molecular flexibility index (Phi) is 3.12. The summed E-state index contributed by atoms with van der Waals surface area (Å²) in [6.07, 6.45) is 0. The predicted molar refractivity (Wildman–Crippen MR) is 90.8 cm³/mol. The zero-order valence-corrected chi connectivity index (χ0v) is 12.9. The summed E-state index contributed by atoms with van der Waals surface area (Å²) in [6, 6.07) is 16.4. The standard InChI is InChI=1S/C18H16N4O/c1-11-8-9-15-14(10-11)12(2)16(20-15)17-21-22-18(23-17)19-13-6-4-3-5-7-13/h3-10,20H,1-2H3,(H,19,22). The molecule has 0 bridgehead atoms. The molecule has 0 aliphatic carbocycles. The van der Waals surface area contributed by atoms with Gasteiger partial charge in [-0.25, -0.2) is 0 Å². The first kappa shape index (κ1) is 13.6. The van der Waals surface area contributed by atoms with E-state index >= 15 is 0 Å². The fourth-order valence-corrected chi connectivity index (χ4v) is 2.67. The van der Waals surface area contributed by atoms with E-state index in [2.05, 4.69) is 52.5 Å². The first-order chi connectivity index (χ1) is 11.2. The Hall–Kier alpha value is -3.08. The molecule has 0 radical (unpaired) electrons. The minimum atomic E-state index is 0.375. The van der Waals surface area contributed by atoms with E-state index in [-0.39, 0.29) is 0 Å². The third kappa shape index (κ3) is 2.46. The zero-order valence-electron chi connectivity index (χ0n) is 12.9. The fourth-order valence-electron chi connectivity index (χ4n) is 2.67. The highest BCUT2D eigenvalue weighted by atomic mass is 16.4. The molecule has 5 nitrogen and oxygen atoms in total. The molecule has 0 amide bonds. The molecule has 2 N–H and O–H groups in total. The number of hydrogen-bond acceptors (Lipinski definition) is 4. The first-order valence-corrected chi connectivity index (χ1v) is 7.45.